The number of aliphatic carboxylic acids is 1. The Balaban J connectivity index is 2.51. The summed E-state index contributed by atoms with van der Waals surface area (Å²) < 4.78 is 0.828. The van der Waals surface area contributed by atoms with E-state index in [0.717, 1.165) is 16.5 Å². The summed E-state index contributed by atoms with van der Waals surface area (Å²) in [5, 5.41) is 9.87. The fourth-order valence-corrected chi connectivity index (χ4v) is 2.79. The maximum Gasteiger partial charge on any atom is 0.314 e. The maximum absolute atomic E-state index is 11.3. The Bertz CT molecular complexity index is 413. The van der Waals surface area contributed by atoms with Crippen molar-refractivity contribution < 1.29 is 9.90 Å². The topological polar surface area (TPSA) is 37.3 Å². The van der Waals surface area contributed by atoms with Gasteiger partial charge in [-0.25, -0.2) is 0 Å². The first-order chi connectivity index (χ1) is 7.06. The SMILES string of the molecule is O=C(O)C1(c2cc(Cl)ccc2Br)CCC1. The number of carbonyl (C=O) groups is 1. The van der Waals surface area contributed by atoms with E-state index in [9.17, 15) is 9.90 Å². The molecule has 1 aromatic carbocycles. The maximum atomic E-state index is 11.3. The van der Waals surface area contributed by atoms with E-state index in [1.54, 1.807) is 18.2 Å². The Kier molecular flexibility index (Phi) is 2.77. The van der Waals surface area contributed by atoms with Crippen LogP contribution < -0.4 is 0 Å². The lowest BCUT2D eigenvalue weighted by molar-refractivity contribution is -0.147. The van der Waals surface area contributed by atoms with E-state index in [2.05, 4.69) is 15.9 Å². The van der Waals surface area contributed by atoms with Gasteiger partial charge >= 0.3 is 5.97 Å². The van der Waals surface area contributed by atoms with Gasteiger partial charge in [0.1, 0.15) is 0 Å². The smallest absolute Gasteiger partial charge is 0.314 e. The van der Waals surface area contributed by atoms with Crippen molar-refractivity contribution in [3.05, 3.63) is 33.3 Å². The van der Waals surface area contributed by atoms with Crippen LogP contribution in [-0.4, -0.2) is 11.1 Å². The fourth-order valence-electron chi connectivity index (χ4n) is 1.99. The van der Waals surface area contributed by atoms with Crippen LogP contribution in [0.1, 0.15) is 24.8 Å². The van der Waals surface area contributed by atoms with Gasteiger partial charge in [-0.05, 0) is 36.6 Å². The van der Waals surface area contributed by atoms with Gasteiger partial charge in [0, 0.05) is 9.50 Å². The molecule has 1 aliphatic rings. The van der Waals surface area contributed by atoms with Crippen LogP contribution in [0.2, 0.25) is 5.02 Å². The highest BCUT2D eigenvalue weighted by molar-refractivity contribution is 9.10. The van der Waals surface area contributed by atoms with Crippen molar-refractivity contribution in [2.24, 2.45) is 0 Å². The van der Waals surface area contributed by atoms with Crippen LogP contribution >= 0.6 is 27.5 Å². The molecule has 0 saturated heterocycles. The number of halogens is 2. The average Bonchev–Trinajstić information content (AvgIpc) is 2.08. The van der Waals surface area contributed by atoms with Crippen LogP contribution in [0.15, 0.2) is 22.7 Å². The van der Waals surface area contributed by atoms with Crippen LogP contribution in [0.3, 0.4) is 0 Å². The Morgan fingerprint density at radius 1 is 1.47 bits per heavy atom. The summed E-state index contributed by atoms with van der Waals surface area (Å²) in [6.45, 7) is 0. The predicted octanol–water partition coefficient (Wildman–Crippen LogP) is 3.61. The summed E-state index contributed by atoms with van der Waals surface area (Å²) in [6, 6.07) is 5.31. The molecule has 2 nitrogen and oxygen atoms in total. The van der Waals surface area contributed by atoms with Gasteiger partial charge in [0.25, 0.3) is 0 Å². The van der Waals surface area contributed by atoms with E-state index in [-0.39, 0.29) is 0 Å². The highest BCUT2D eigenvalue weighted by atomic mass is 79.9. The number of carboxylic acids is 1. The first-order valence-electron chi connectivity index (χ1n) is 4.75. The number of benzene rings is 1. The van der Waals surface area contributed by atoms with Gasteiger partial charge < -0.3 is 5.11 Å². The second-order valence-electron chi connectivity index (χ2n) is 3.86. The molecule has 80 valence electrons. The lowest BCUT2D eigenvalue weighted by Gasteiger charge is -2.38. The van der Waals surface area contributed by atoms with Crippen LogP contribution in [0.4, 0.5) is 0 Å². The number of hydrogen-bond acceptors (Lipinski definition) is 1. The molecule has 2 rings (SSSR count). The molecule has 15 heavy (non-hydrogen) atoms. The highest BCUT2D eigenvalue weighted by Crippen LogP contribution is 2.47. The van der Waals surface area contributed by atoms with E-state index >= 15 is 0 Å². The highest BCUT2D eigenvalue weighted by Gasteiger charge is 2.47. The van der Waals surface area contributed by atoms with Crippen molar-refractivity contribution >= 4 is 33.5 Å². The van der Waals surface area contributed by atoms with Gasteiger partial charge in [-0.2, -0.15) is 0 Å². The standard InChI is InChI=1S/C11H10BrClO2/c12-9-3-2-7(13)6-8(9)11(10(14)15)4-1-5-11/h2-3,6H,1,4-5H2,(H,14,15). The minimum absolute atomic E-state index is 0.584. The van der Waals surface area contributed by atoms with Crippen molar-refractivity contribution in [1.82, 2.24) is 0 Å². The van der Waals surface area contributed by atoms with Crippen LogP contribution in [-0.2, 0) is 10.2 Å². The van der Waals surface area contributed by atoms with E-state index in [0.29, 0.717) is 17.9 Å². The molecule has 0 spiro atoms. The third-order valence-corrected chi connectivity index (χ3v) is 3.99. The van der Waals surface area contributed by atoms with E-state index in [4.69, 9.17) is 11.6 Å². The second-order valence-corrected chi connectivity index (χ2v) is 5.16. The van der Waals surface area contributed by atoms with E-state index < -0.39 is 11.4 Å². The largest absolute Gasteiger partial charge is 0.481 e. The van der Waals surface area contributed by atoms with Crippen molar-refractivity contribution in [3.8, 4) is 0 Å². The van der Waals surface area contributed by atoms with Crippen molar-refractivity contribution in [2.75, 3.05) is 0 Å². The zero-order valence-corrected chi connectivity index (χ0v) is 10.3. The minimum atomic E-state index is -0.753. The van der Waals surface area contributed by atoms with Gasteiger partial charge in [0.2, 0.25) is 0 Å². The normalized spacial score (nSPS) is 18.3. The van der Waals surface area contributed by atoms with Gasteiger partial charge in [0.15, 0.2) is 0 Å². The molecule has 1 N–H and O–H groups in total. The molecule has 0 aliphatic heterocycles. The van der Waals surface area contributed by atoms with Crippen LogP contribution in [0, 0.1) is 0 Å². The van der Waals surface area contributed by atoms with Crippen molar-refractivity contribution in [3.63, 3.8) is 0 Å². The molecular weight excluding hydrogens is 279 g/mol. The first-order valence-corrected chi connectivity index (χ1v) is 5.92. The zero-order chi connectivity index (χ0) is 11.1. The third kappa shape index (κ3) is 1.68. The third-order valence-electron chi connectivity index (χ3n) is 3.06. The van der Waals surface area contributed by atoms with Crippen LogP contribution in [0.25, 0.3) is 0 Å². The molecule has 1 aromatic rings. The molecule has 0 radical (unpaired) electrons. The first kappa shape index (κ1) is 11.0. The summed E-state index contributed by atoms with van der Waals surface area (Å²) >= 11 is 9.28. The molecule has 1 aliphatic carbocycles. The number of carboxylic acid groups (broad SMARTS) is 1. The second kappa shape index (κ2) is 3.80. The number of hydrogen-bond donors (Lipinski definition) is 1. The van der Waals surface area contributed by atoms with Crippen molar-refractivity contribution in [1.29, 1.82) is 0 Å². The molecule has 0 unspecified atom stereocenters. The Morgan fingerprint density at radius 3 is 2.60 bits per heavy atom. The molecule has 0 bridgehead atoms. The van der Waals surface area contributed by atoms with Gasteiger partial charge in [-0.15, -0.1) is 0 Å². The van der Waals surface area contributed by atoms with Gasteiger partial charge in [0.05, 0.1) is 5.41 Å². The number of rotatable bonds is 2. The Hall–Kier alpha value is -0.540. The molecule has 0 aromatic heterocycles. The molecule has 1 fully saturated rings. The van der Waals surface area contributed by atoms with E-state index in [1.165, 1.54) is 0 Å². The lowest BCUT2D eigenvalue weighted by Crippen LogP contribution is -2.42. The molecule has 0 atom stereocenters. The van der Waals surface area contributed by atoms with Crippen molar-refractivity contribution in [2.45, 2.75) is 24.7 Å². The molecule has 0 amide bonds. The molecule has 1 saturated carbocycles. The molecule has 4 heteroatoms. The fraction of sp³-hybridized carbons (Fsp3) is 0.364. The minimum Gasteiger partial charge on any atom is -0.481 e. The monoisotopic (exact) mass is 288 g/mol. The summed E-state index contributed by atoms with van der Waals surface area (Å²) in [6.07, 6.45) is 2.35. The lowest BCUT2D eigenvalue weighted by atomic mass is 9.64. The quantitative estimate of drug-likeness (QED) is 0.903. The summed E-state index contributed by atoms with van der Waals surface area (Å²) in [4.78, 5) is 11.3. The Morgan fingerprint density at radius 2 is 2.13 bits per heavy atom. The summed E-state index contributed by atoms with van der Waals surface area (Å²) in [7, 11) is 0. The molecule has 0 heterocycles. The van der Waals surface area contributed by atoms with Gasteiger partial charge in [-0.3, -0.25) is 4.79 Å². The van der Waals surface area contributed by atoms with E-state index in [1.807, 2.05) is 0 Å². The van der Waals surface area contributed by atoms with Crippen LogP contribution in [0.5, 0.6) is 0 Å². The van der Waals surface area contributed by atoms with Gasteiger partial charge in [-0.1, -0.05) is 34.0 Å². The summed E-state index contributed by atoms with van der Waals surface area (Å²) in [5.74, 6) is -0.753. The average molecular weight is 290 g/mol. The summed E-state index contributed by atoms with van der Waals surface area (Å²) in [5.41, 5.74) is 0.0813. The predicted molar refractivity (Wildman–Crippen MR) is 62.3 cm³/mol. The molecular formula is C11H10BrClO2. The zero-order valence-electron chi connectivity index (χ0n) is 7.96. The Labute approximate surface area is 101 Å².